The van der Waals surface area contributed by atoms with Crippen LogP contribution in [0.25, 0.3) is 0 Å². The SMILES string of the molecule is CC1(O)C2CC1CC(S(=O)(=O)c1cc(C(=O)Nc3ncccn3)ccc1Cl)C2. The highest BCUT2D eigenvalue weighted by molar-refractivity contribution is 7.92. The van der Waals surface area contributed by atoms with Gasteiger partial charge in [0.25, 0.3) is 5.91 Å². The highest BCUT2D eigenvalue weighted by Crippen LogP contribution is 2.55. The molecule has 0 radical (unpaired) electrons. The lowest BCUT2D eigenvalue weighted by molar-refractivity contribution is -0.162. The molecule has 1 aromatic heterocycles. The van der Waals surface area contributed by atoms with Crippen LogP contribution in [-0.2, 0) is 9.84 Å². The van der Waals surface area contributed by atoms with Crippen molar-refractivity contribution in [3.05, 3.63) is 47.2 Å². The molecule has 0 spiro atoms. The molecule has 2 aromatic rings. The Morgan fingerprint density at radius 2 is 1.86 bits per heavy atom. The first-order valence-corrected chi connectivity index (χ1v) is 11.0. The fourth-order valence-electron chi connectivity index (χ4n) is 4.23. The lowest BCUT2D eigenvalue weighted by atomic mass is 9.54. The minimum absolute atomic E-state index is 0.0217. The van der Waals surface area contributed by atoms with Crippen molar-refractivity contribution in [1.29, 1.82) is 0 Å². The zero-order valence-corrected chi connectivity index (χ0v) is 16.7. The molecule has 2 bridgehead atoms. The third-order valence-corrected chi connectivity index (χ3v) is 8.70. The molecule has 1 heterocycles. The zero-order chi connectivity index (χ0) is 20.1. The molecule has 3 fully saturated rings. The fraction of sp³-hybridized carbons (Fsp3) is 0.421. The molecule has 2 N–H and O–H groups in total. The van der Waals surface area contributed by atoms with E-state index in [0.29, 0.717) is 12.8 Å². The number of amides is 1. The number of benzene rings is 1. The van der Waals surface area contributed by atoms with Gasteiger partial charge in [0.05, 0.1) is 20.8 Å². The van der Waals surface area contributed by atoms with Crippen molar-refractivity contribution in [2.45, 2.75) is 41.9 Å². The van der Waals surface area contributed by atoms with E-state index in [-0.39, 0.29) is 33.3 Å². The maximum Gasteiger partial charge on any atom is 0.258 e. The van der Waals surface area contributed by atoms with Crippen molar-refractivity contribution in [3.63, 3.8) is 0 Å². The Hall–Kier alpha value is -2.03. The van der Waals surface area contributed by atoms with Gasteiger partial charge >= 0.3 is 0 Å². The summed E-state index contributed by atoms with van der Waals surface area (Å²) in [5.41, 5.74) is -0.629. The summed E-state index contributed by atoms with van der Waals surface area (Å²) in [6.45, 7) is 1.78. The summed E-state index contributed by atoms with van der Waals surface area (Å²) in [7, 11) is -3.73. The number of aromatic nitrogens is 2. The molecule has 148 valence electrons. The number of sulfone groups is 1. The summed E-state index contributed by atoms with van der Waals surface area (Å²) in [6.07, 6.45) is 4.63. The van der Waals surface area contributed by atoms with Gasteiger partial charge in [0.2, 0.25) is 5.95 Å². The maximum absolute atomic E-state index is 13.2. The Balaban J connectivity index is 1.59. The highest BCUT2D eigenvalue weighted by Gasteiger charge is 2.57. The van der Waals surface area contributed by atoms with Crippen LogP contribution in [0, 0.1) is 11.8 Å². The lowest BCUT2D eigenvalue weighted by Gasteiger charge is -2.56. The second kappa shape index (κ2) is 6.79. The molecule has 1 amide bonds. The number of nitrogens with zero attached hydrogens (tertiary/aromatic N) is 2. The van der Waals surface area contributed by atoms with Gasteiger partial charge in [-0.1, -0.05) is 11.6 Å². The van der Waals surface area contributed by atoms with Gasteiger partial charge in [-0.05, 0) is 62.3 Å². The highest BCUT2D eigenvalue weighted by atomic mass is 35.5. The summed E-state index contributed by atoms with van der Waals surface area (Å²) in [4.78, 5) is 20.3. The minimum atomic E-state index is -3.73. The standard InChI is InChI=1S/C19H20ClN3O4S/c1-19(25)12-8-13(19)10-14(9-12)28(26,27)16-7-11(3-4-15(16)20)17(24)23-18-21-5-2-6-22-18/h2-7,12-14,25H,8-10H2,1H3,(H,21,22,23,24). The molecule has 28 heavy (non-hydrogen) atoms. The van der Waals surface area contributed by atoms with Gasteiger partial charge < -0.3 is 5.11 Å². The van der Waals surface area contributed by atoms with E-state index in [0.717, 1.165) is 6.42 Å². The Labute approximate surface area is 168 Å². The quantitative estimate of drug-likeness (QED) is 0.785. The Morgan fingerprint density at radius 3 is 2.46 bits per heavy atom. The van der Waals surface area contributed by atoms with Gasteiger partial charge in [-0.2, -0.15) is 0 Å². The van der Waals surface area contributed by atoms with Gasteiger partial charge in [-0.25, -0.2) is 18.4 Å². The van der Waals surface area contributed by atoms with E-state index in [1.807, 2.05) is 0 Å². The lowest BCUT2D eigenvalue weighted by Crippen LogP contribution is -2.60. The van der Waals surface area contributed by atoms with Crippen LogP contribution in [0.3, 0.4) is 0 Å². The van der Waals surface area contributed by atoms with Crippen LogP contribution in [0.5, 0.6) is 0 Å². The fourth-order valence-corrected chi connectivity index (χ4v) is 6.63. The van der Waals surface area contributed by atoms with Crippen molar-refractivity contribution < 1.29 is 18.3 Å². The average Bonchev–Trinajstić information content (AvgIpc) is 2.68. The van der Waals surface area contributed by atoms with E-state index in [1.165, 1.54) is 30.6 Å². The van der Waals surface area contributed by atoms with Gasteiger partial charge in [0.1, 0.15) is 0 Å². The third-order valence-electron chi connectivity index (χ3n) is 6.05. The number of rotatable bonds is 4. The zero-order valence-electron chi connectivity index (χ0n) is 15.2. The minimum Gasteiger partial charge on any atom is -0.390 e. The van der Waals surface area contributed by atoms with Crippen molar-refractivity contribution >= 4 is 33.3 Å². The number of aliphatic hydroxyl groups is 1. The summed E-state index contributed by atoms with van der Waals surface area (Å²) in [5.74, 6) is -0.437. The first-order chi connectivity index (χ1) is 13.2. The predicted octanol–water partition coefficient (Wildman–Crippen LogP) is 2.71. The van der Waals surface area contributed by atoms with Crippen molar-refractivity contribution in [2.24, 2.45) is 11.8 Å². The van der Waals surface area contributed by atoms with E-state index in [4.69, 9.17) is 11.6 Å². The van der Waals surface area contributed by atoms with Crippen LogP contribution < -0.4 is 5.32 Å². The topological polar surface area (TPSA) is 109 Å². The Morgan fingerprint density at radius 1 is 1.21 bits per heavy atom. The molecular weight excluding hydrogens is 402 g/mol. The first-order valence-electron chi connectivity index (χ1n) is 9.04. The Kier molecular flexibility index (Phi) is 4.68. The molecule has 7 nitrogen and oxygen atoms in total. The second-order valence-electron chi connectivity index (χ2n) is 7.67. The number of hydrogen-bond donors (Lipinski definition) is 2. The predicted molar refractivity (Wildman–Crippen MR) is 104 cm³/mol. The number of fused-ring (bicyclic) bond motifs is 2. The average molecular weight is 422 g/mol. The van der Waals surface area contributed by atoms with Crippen LogP contribution in [0.1, 0.15) is 36.5 Å². The number of hydrogen-bond acceptors (Lipinski definition) is 6. The van der Waals surface area contributed by atoms with Crippen LogP contribution in [-0.4, -0.2) is 40.3 Å². The van der Waals surface area contributed by atoms with E-state index in [1.54, 1.807) is 13.0 Å². The molecule has 5 rings (SSSR count). The summed E-state index contributed by atoms with van der Waals surface area (Å²) in [5, 5.41) is 12.4. The van der Waals surface area contributed by atoms with Crippen LogP contribution >= 0.6 is 11.6 Å². The molecule has 9 heteroatoms. The number of nitrogens with one attached hydrogen (secondary N) is 1. The monoisotopic (exact) mass is 421 g/mol. The van der Waals surface area contributed by atoms with Gasteiger partial charge in [0, 0.05) is 18.0 Å². The maximum atomic E-state index is 13.2. The van der Waals surface area contributed by atoms with Crippen molar-refractivity contribution in [1.82, 2.24) is 9.97 Å². The molecule has 2 unspecified atom stereocenters. The van der Waals surface area contributed by atoms with Crippen molar-refractivity contribution in [3.8, 4) is 0 Å². The van der Waals surface area contributed by atoms with Crippen LogP contribution in [0.4, 0.5) is 5.95 Å². The molecular formula is C19H20ClN3O4S. The van der Waals surface area contributed by atoms with Gasteiger partial charge in [-0.15, -0.1) is 0 Å². The molecule has 0 aliphatic heterocycles. The van der Waals surface area contributed by atoms with E-state index in [2.05, 4.69) is 15.3 Å². The molecule has 3 aliphatic carbocycles. The Bertz CT molecular complexity index is 1010. The smallest absolute Gasteiger partial charge is 0.258 e. The number of carbonyl (C=O) groups is 1. The summed E-state index contributed by atoms with van der Waals surface area (Å²) < 4.78 is 26.4. The molecule has 0 saturated heterocycles. The van der Waals surface area contributed by atoms with Crippen molar-refractivity contribution in [2.75, 3.05) is 5.32 Å². The summed E-state index contributed by atoms with van der Waals surface area (Å²) >= 11 is 6.18. The van der Waals surface area contributed by atoms with Crippen LogP contribution in [0.15, 0.2) is 41.6 Å². The number of carbonyl (C=O) groups excluding carboxylic acids is 1. The largest absolute Gasteiger partial charge is 0.390 e. The van der Waals surface area contributed by atoms with E-state index >= 15 is 0 Å². The van der Waals surface area contributed by atoms with Gasteiger partial charge in [0.15, 0.2) is 9.84 Å². The summed E-state index contributed by atoms with van der Waals surface area (Å²) in [6, 6.07) is 5.79. The van der Waals surface area contributed by atoms with Gasteiger partial charge in [-0.3, -0.25) is 10.1 Å². The molecule has 3 saturated carbocycles. The van der Waals surface area contributed by atoms with E-state index in [9.17, 15) is 18.3 Å². The number of anilines is 1. The second-order valence-corrected chi connectivity index (χ2v) is 10.3. The van der Waals surface area contributed by atoms with E-state index < -0.39 is 26.6 Å². The first kappa shape index (κ1) is 19.3. The van der Waals surface area contributed by atoms with Crippen LogP contribution in [0.2, 0.25) is 5.02 Å². The normalized spacial score (nSPS) is 29.0. The molecule has 1 aromatic carbocycles. The molecule has 2 atom stereocenters. The third kappa shape index (κ3) is 3.19. The number of halogens is 1. The molecule has 3 aliphatic rings.